The molecule has 0 aliphatic rings. The van der Waals surface area contributed by atoms with Crippen LogP contribution in [0.15, 0.2) is 0 Å². The van der Waals surface area contributed by atoms with Crippen LogP contribution in [-0.2, 0) is 0 Å². The minimum atomic E-state index is 1.25. The van der Waals surface area contributed by atoms with Gasteiger partial charge in [0, 0.05) is 0 Å². The molecule has 0 bridgehead atoms. The monoisotopic (exact) mass is 295 g/mol. The predicted octanol–water partition coefficient (Wildman–Crippen LogP) is 8.25. The van der Waals surface area contributed by atoms with E-state index in [2.05, 4.69) is 20.3 Å². The lowest BCUT2D eigenvalue weighted by Crippen LogP contribution is -1.84. The van der Waals surface area contributed by atoms with Gasteiger partial charge in [-0.2, -0.15) is 0 Å². The van der Waals surface area contributed by atoms with Crippen LogP contribution in [-0.4, -0.2) is 0 Å². The number of unbranched alkanes of at least 4 members (excludes halogenated alkanes) is 18. The van der Waals surface area contributed by atoms with Crippen LogP contribution in [0.1, 0.15) is 129 Å². The van der Waals surface area contributed by atoms with E-state index in [0.717, 1.165) is 0 Å². The fraction of sp³-hybridized carbons (Fsp3) is 0.952. The summed E-state index contributed by atoms with van der Waals surface area (Å²) in [6, 6.07) is 0. The van der Waals surface area contributed by atoms with Gasteiger partial charge in [0.25, 0.3) is 0 Å². The maximum absolute atomic E-state index is 2.42. The summed E-state index contributed by atoms with van der Waals surface area (Å²) >= 11 is 0. The number of rotatable bonds is 18. The Hall–Kier alpha value is 0. The van der Waals surface area contributed by atoms with Gasteiger partial charge < -0.3 is 0 Å². The summed E-state index contributed by atoms with van der Waals surface area (Å²) in [5.74, 6) is 0. The Morgan fingerprint density at radius 2 is 0.762 bits per heavy atom. The van der Waals surface area contributed by atoms with Crippen LogP contribution < -0.4 is 0 Å². The Balaban J connectivity index is 2.90. The van der Waals surface area contributed by atoms with Crippen molar-refractivity contribution < 1.29 is 0 Å². The highest BCUT2D eigenvalue weighted by Gasteiger charge is 1.94. The van der Waals surface area contributed by atoms with Gasteiger partial charge in [-0.25, -0.2) is 0 Å². The SMILES string of the molecule is CC[CH]CCCCCCCCCCCCCCCCCC. The molecule has 0 fully saturated rings. The molecule has 0 nitrogen and oxygen atoms in total. The van der Waals surface area contributed by atoms with Crippen LogP contribution in [0.3, 0.4) is 0 Å². The lowest BCUT2D eigenvalue weighted by Gasteiger charge is -2.03. The van der Waals surface area contributed by atoms with Gasteiger partial charge in [-0.1, -0.05) is 129 Å². The second-order valence-electron chi connectivity index (χ2n) is 6.79. The van der Waals surface area contributed by atoms with Crippen molar-refractivity contribution in [3.05, 3.63) is 6.42 Å². The second-order valence-corrected chi connectivity index (χ2v) is 6.79. The van der Waals surface area contributed by atoms with E-state index in [9.17, 15) is 0 Å². The zero-order valence-electron chi connectivity index (χ0n) is 15.3. The smallest absolute Gasteiger partial charge is 0.0389 e. The molecule has 0 amide bonds. The third-order valence-electron chi connectivity index (χ3n) is 4.55. The van der Waals surface area contributed by atoms with Gasteiger partial charge in [0.2, 0.25) is 0 Å². The van der Waals surface area contributed by atoms with Gasteiger partial charge in [-0.3, -0.25) is 0 Å². The molecule has 0 atom stereocenters. The van der Waals surface area contributed by atoms with E-state index in [0.29, 0.717) is 0 Å². The van der Waals surface area contributed by atoms with Crippen LogP contribution in [0.2, 0.25) is 0 Å². The average Bonchev–Trinajstić information content (AvgIpc) is 2.50. The second kappa shape index (κ2) is 20.0. The molecule has 0 aliphatic heterocycles. The molecular weight excluding hydrogens is 252 g/mol. The summed E-state index contributed by atoms with van der Waals surface area (Å²) in [6.45, 7) is 4.54. The molecule has 0 heterocycles. The number of hydrogen-bond acceptors (Lipinski definition) is 0. The molecule has 0 N–H and O–H groups in total. The normalized spacial score (nSPS) is 11.1. The first-order valence-electron chi connectivity index (χ1n) is 10.2. The van der Waals surface area contributed by atoms with E-state index in [-0.39, 0.29) is 0 Å². The summed E-state index contributed by atoms with van der Waals surface area (Å²) in [6.07, 6.45) is 28.5. The van der Waals surface area contributed by atoms with Gasteiger partial charge in [0.05, 0.1) is 0 Å². The van der Waals surface area contributed by atoms with Crippen molar-refractivity contribution >= 4 is 0 Å². The topological polar surface area (TPSA) is 0 Å². The Morgan fingerprint density at radius 1 is 0.429 bits per heavy atom. The maximum atomic E-state index is 2.42. The van der Waals surface area contributed by atoms with Crippen LogP contribution in [0.5, 0.6) is 0 Å². The fourth-order valence-corrected chi connectivity index (χ4v) is 3.04. The van der Waals surface area contributed by atoms with Gasteiger partial charge in [0.1, 0.15) is 0 Å². The van der Waals surface area contributed by atoms with Crippen molar-refractivity contribution in [3.63, 3.8) is 0 Å². The number of hydrogen-bond donors (Lipinski definition) is 0. The van der Waals surface area contributed by atoms with Crippen molar-refractivity contribution in [3.8, 4) is 0 Å². The van der Waals surface area contributed by atoms with E-state index in [4.69, 9.17) is 0 Å². The molecule has 0 aromatic carbocycles. The molecule has 0 aromatic rings. The van der Waals surface area contributed by atoms with Crippen molar-refractivity contribution in [2.75, 3.05) is 0 Å². The molecule has 0 heteroatoms. The van der Waals surface area contributed by atoms with Crippen LogP contribution in [0.4, 0.5) is 0 Å². The largest absolute Gasteiger partial charge is 0.0654 e. The highest BCUT2D eigenvalue weighted by molar-refractivity contribution is 4.60. The zero-order chi connectivity index (χ0) is 15.4. The third kappa shape index (κ3) is 20.0. The Morgan fingerprint density at radius 3 is 1.10 bits per heavy atom. The van der Waals surface area contributed by atoms with E-state index in [1.54, 1.807) is 0 Å². The van der Waals surface area contributed by atoms with Gasteiger partial charge >= 0.3 is 0 Å². The Labute approximate surface area is 136 Å². The first kappa shape index (κ1) is 21.0. The molecule has 0 aromatic heterocycles. The standard InChI is InChI=1S/C21H43/c1-3-5-7-9-11-13-15-17-19-21-20-18-16-14-12-10-8-6-4-2/h5H,3-4,6-21H2,1-2H3. The first-order chi connectivity index (χ1) is 10.4. The van der Waals surface area contributed by atoms with Crippen molar-refractivity contribution in [2.24, 2.45) is 0 Å². The molecular formula is C21H43. The molecule has 0 aliphatic carbocycles. The van der Waals surface area contributed by atoms with E-state index >= 15 is 0 Å². The van der Waals surface area contributed by atoms with Gasteiger partial charge in [-0.05, 0) is 6.42 Å². The third-order valence-corrected chi connectivity index (χ3v) is 4.55. The lowest BCUT2D eigenvalue weighted by atomic mass is 10.0. The minimum absolute atomic E-state index is 1.25. The van der Waals surface area contributed by atoms with Gasteiger partial charge in [0.15, 0.2) is 0 Å². The van der Waals surface area contributed by atoms with Crippen molar-refractivity contribution in [1.29, 1.82) is 0 Å². The molecule has 0 rings (SSSR count). The Bertz CT molecular complexity index is 143. The van der Waals surface area contributed by atoms with Crippen LogP contribution in [0, 0.1) is 6.42 Å². The Kier molecular flexibility index (Phi) is 20.0. The quantitative estimate of drug-likeness (QED) is 0.223. The van der Waals surface area contributed by atoms with Crippen molar-refractivity contribution in [1.82, 2.24) is 0 Å². The fourth-order valence-electron chi connectivity index (χ4n) is 3.04. The van der Waals surface area contributed by atoms with Crippen molar-refractivity contribution in [2.45, 2.75) is 129 Å². The maximum Gasteiger partial charge on any atom is -0.0389 e. The summed E-state index contributed by atoms with van der Waals surface area (Å²) in [5, 5.41) is 0. The molecule has 0 saturated heterocycles. The molecule has 0 spiro atoms. The van der Waals surface area contributed by atoms with E-state index < -0.39 is 0 Å². The van der Waals surface area contributed by atoms with Crippen LogP contribution in [0.25, 0.3) is 0 Å². The first-order valence-corrected chi connectivity index (χ1v) is 10.2. The highest BCUT2D eigenvalue weighted by Crippen LogP contribution is 2.14. The average molecular weight is 296 g/mol. The van der Waals surface area contributed by atoms with E-state index in [1.165, 1.54) is 116 Å². The van der Waals surface area contributed by atoms with E-state index in [1.807, 2.05) is 0 Å². The lowest BCUT2D eigenvalue weighted by molar-refractivity contribution is 0.529. The molecule has 0 unspecified atom stereocenters. The molecule has 127 valence electrons. The minimum Gasteiger partial charge on any atom is -0.0654 e. The zero-order valence-corrected chi connectivity index (χ0v) is 15.3. The molecule has 21 heavy (non-hydrogen) atoms. The summed E-state index contributed by atoms with van der Waals surface area (Å²) in [5.41, 5.74) is 0. The summed E-state index contributed by atoms with van der Waals surface area (Å²) in [7, 11) is 0. The molecule has 1 radical (unpaired) electrons. The van der Waals surface area contributed by atoms with Crippen LogP contribution >= 0.6 is 0 Å². The summed E-state index contributed by atoms with van der Waals surface area (Å²) < 4.78 is 0. The highest BCUT2D eigenvalue weighted by atomic mass is 14.0. The summed E-state index contributed by atoms with van der Waals surface area (Å²) in [4.78, 5) is 0. The molecule has 0 saturated carbocycles. The van der Waals surface area contributed by atoms with Gasteiger partial charge in [-0.15, -0.1) is 0 Å². The predicted molar refractivity (Wildman–Crippen MR) is 98.8 cm³/mol.